The first-order chi connectivity index (χ1) is 16.4. The molecule has 7 nitrogen and oxygen atoms in total. The van der Waals surface area contributed by atoms with E-state index < -0.39 is 0 Å². The lowest BCUT2D eigenvalue weighted by Crippen LogP contribution is -2.36. The standard InChI is InChI=1S/C27H30N6O/c1-16-10-24-22(11-21(16)18-13-30-25(12-28)31-14-18)26(23(15-29-24)27(34)17-4-5-17)32-19-6-8-20(9-7-19)33(2)3/h10-11,13-15,17,19-20H,4-9H2,1-3H3,(H,29,32)/t19-,20-. The Morgan fingerprint density at radius 1 is 1.03 bits per heavy atom. The number of carbonyl (C=O) groups is 1. The highest BCUT2D eigenvalue weighted by Crippen LogP contribution is 2.39. The second-order valence-corrected chi connectivity index (χ2v) is 9.89. The molecule has 2 saturated carbocycles. The largest absolute Gasteiger partial charge is 0.381 e. The summed E-state index contributed by atoms with van der Waals surface area (Å²) in [6.07, 6.45) is 11.5. The van der Waals surface area contributed by atoms with E-state index in [1.54, 1.807) is 18.6 Å². The molecule has 1 N–H and O–H groups in total. The van der Waals surface area contributed by atoms with Crippen LogP contribution in [-0.4, -0.2) is 51.8 Å². The lowest BCUT2D eigenvalue weighted by Gasteiger charge is -2.34. The van der Waals surface area contributed by atoms with Gasteiger partial charge < -0.3 is 10.2 Å². The highest BCUT2D eigenvalue weighted by atomic mass is 16.1. The third-order valence-electron chi connectivity index (χ3n) is 7.27. The summed E-state index contributed by atoms with van der Waals surface area (Å²) in [5.41, 5.74) is 5.35. The van der Waals surface area contributed by atoms with E-state index >= 15 is 0 Å². The summed E-state index contributed by atoms with van der Waals surface area (Å²) in [7, 11) is 4.30. The molecule has 2 aromatic heterocycles. The van der Waals surface area contributed by atoms with Gasteiger partial charge in [-0.15, -0.1) is 0 Å². The van der Waals surface area contributed by atoms with Crippen molar-refractivity contribution in [1.29, 1.82) is 5.26 Å². The van der Waals surface area contributed by atoms with Crippen molar-refractivity contribution < 1.29 is 4.79 Å². The van der Waals surface area contributed by atoms with Gasteiger partial charge in [0.1, 0.15) is 6.07 Å². The van der Waals surface area contributed by atoms with Gasteiger partial charge in [0.15, 0.2) is 5.78 Å². The molecule has 0 unspecified atom stereocenters. The molecule has 2 aliphatic rings. The van der Waals surface area contributed by atoms with E-state index in [9.17, 15) is 4.79 Å². The summed E-state index contributed by atoms with van der Waals surface area (Å²) in [5, 5.41) is 13.8. The van der Waals surface area contributed by atoms with Gasteiger partial charge in [0.2, 0.25) is 5.82 Å². The second kappa shape index (κ2) is 9.11. The molecule has 2 aliphatic carbocycles. The molecule has 0 bridgehead atoms. The van der Waals surface area contributed by atoms with Crippen LogP contribution in [0.1, 0.15) is 60.3 Å². The zero-order chi connectivity index (χ0) is 23.8. The number of pyridine rings is 1. The number of anilines is 1. The van der Waals surface area contributed by atoms with E-state index in [-0.39, 0.29) is 17.5 Å². The fraction of sp³-hybridized carbons (Fsp3) is 0.444. The smallest absolute Gasteiger partial charge is 0.232 e. The first-order valence-corrected chi connectivity index (χ1v) is 12.1. The summed E-state index contributed by atoms with van der Waals surface area (Å²) >= 11 is 0. The monoisotopic (exact) mass is 454 g/mol. The number of nitrogens with one attached hydrogen (secondary N) is 1. The van der Waals surface area contributed by atoms with Crippen LogP contribution in [0.15, 0.2) is 30.7 Å². The van der Waals surface area contributed by atoms with Crippen LogP contribution in [0.25, 0.3) is 22.0 Å². The predicted octanol–water partition coefficient (Wildman–Crippen LogP) is 4.75. The average molecular weight is 455 g/mol. The fourth-order valence-corrected chi connectivity index (χ4v) is 5.03. The molecular weight excluding hydrogens is 424 g/mol. The van der Waals surface area contributed by atoms with Gasteiger partial charge in [-0.1, -0.05) is 0 Å². The molecule has 0 aliphatic heterocycles. The minimum atomic E-state index is 0.126. The maximum absolute atomic E-state index is 13.2. The molecule has 0 spiro atoms. The Bertz CT molecular complexity index is 1270. The quantitative estimate of drug-likeness (QED) is 0.537. The molecule has 174 valence electrons. The number of Topliss-reactive ketones (excluding diaryl/α,β-unsaturated/α-hetero) is 1. The number of nitriles is 1. The lowest BCUT2D eigenvalue weighted by atomic mass is 9.89. The number of nitrogens with zero attached hydrogens (tertiary/aromatic N) is 5. The number of aryl methyl sites for hydroxylation is 1. The summed E-state index contributed by atoms with van der Waals surface area (Å²) in [6.45, 7) is 2.04. The van der Waals surface area contributed by atoms with Gasteiger partial charge in [0, 0.05) is 47.5 Å². The van der Waals surface area contributed by atoms with Crippen LogP contribution in [0.5, 0.6) is 0 Å². The van der Waals surface area contributed by atoms with E-state index in [0.717, 1.165) is 71.8 Å². The van der Waals surface area contributed by atoms with Gasteiger partial charge in [0.05, 0.1) is 16.8 Å². The number of hydrogen-bond acceptors (Lipinski definition) is 7. The Morgan fingerprint density at radius 3 is 2.35 bits per heavy atom. The Labute approximate surface area is 200 Å². The van der Waals surface area contributed by atoms with Gasteiger partial charge >= 0.3 is 0 Å². The van der Waals surface area contributed by atoms with E-state index in [2.05, 4.69) is 51.4 Å². The topological polar surface area (TPSA) is 94.8 Å². The first kappa shape index (κ1) is 22.4. The predicted molar refractivity (Wildman–Crippen MR) is 133 cm³/mol. The Kier molecular flexibility index (Phi) is 6.01. The van der Waals surface area contributed by atoms with E-state index in [0.29, 0.717) is 17.6 Å². The SMILES string of the molecule is Cc1cc2ncc(C(=O)C3CC3)c(N[C@H]3CC[C@H](N(C)C)CC3)c2cc1-c1cnc(C#N)nc1. The highest BCUT2D eigenvalue weighted by Gasteiger charge is 2.33. The summed E-state index contributed by atoms with van der Waals surface area (Å²) in [4.78, 5) is 28.5. The Hall–Kier alpha value is -3.37. The molecule has 0 atom stereocenters. The Balaban J connectivity index is 1.57. The molecule has 34 heavy (non-hydrogen) atoms. The molecule has 3 aromatic rings. The molecule has 0 saturated heterocycles. The summed E-state index contributed by atoms with van der Waals surface area (Å²) in [6, 6.07) is 7.07. The van der Waals surface area contributed by atoms with Crippen molar-refractivity contribution in [2.45, 2.75) is 57.5 Å². The molecule has 2 heterocycles. The maximum atomic E-state index is 13.2. The minimum absolute atomic E-state index is 0.126. The van der Waals surface area contributed by atoms with E-state index in [4.69, 9.17) is 5.26 Å². The van der Waals surface area contributed by atoms with E-state index in [1.165, 1.54) is 0 Å². The van der Waals surface area contributed by atoms with Crippen molar-refractivity contribution in [1.82, 2.24) is 19.9 Å². The van der Waals surface area contributed by atoms with Crippen LogP contribution < -0.4 is 5.32 Å². The van der Waals surface area contributed by atoms with Crippen molar-refractivity contribution in [3.8, 4) is 17.2 Å². The molecule has 7 heteroatoms. The fourth-order valence-electron chi connectivity index (χ4n) is 5.03. The number of rotatable bonds is 6. The number of ketones is 1. The van der Waals surface area contributed by atoms with Gasteiger partial charge in [-0.3, -0.25) is 9.78 Å². The number of aromatic nitrogens is 3. The molecule has 2 fully saturated rings. The molecule has 5 rings (SSSR count). The van der Waals surface area contributed by atoms with Crippen molar-refractivity contribution in [2.24, 2.45) is 5.92 Å². The van der Waals surface area contributed by atoms with Crippen molar-refractivity contribution in [2.75, 3.05) is 19.4 Å². The highest BCUT2D eigenvalue weighted by molar-refractivity contribution is 6.10. The molecule has 0 amide bonds. The normalized spacial score (nSPS) is 20.3. The van der Waals surface area contributed by atoms with Crippen molar-refractivity contribution >= 4 is 22.4 Å². The third kappa shape index (κ3) is 4.38. The Morgan fingerprint density at radius 2 is 1.74 bits per heavy atom. The van der Waals surface area contributed by atoms with Crippen molar-refractivity contribution in [3.05, 3.63) is 47.7 Å². The van der Waals surface area contributed by atoms with E-state index in [1.807, 2.05) is 13.0 Å². The molecule has 0 radical (unpaired) electrons. The van der Waals surface area contributed by atoms with Gasteiger partial charge in [-0.25, -0.2) is 9.97 Å². The van der Waals surface area contributed by atoms with Crippen LogP contribution in [0, 0.1) is 24.2 Å². The molecule has 1 aromatic carbocycles. The minimum Gasteiger partial charge on any atom is -0.381 e. The van der Waals surface area contributed by atoms with Crippen LogP contribution in [0.2, 0.25) is 0 Å². The molecular formula is C27H30N6O. The summed E-state index contributed by atoms with van der Waals surface area (Å²) in [5.74, 6) is 0.473. The summed E-state index contributed by atoms with van der Waals surface area (Å²) < 4.78 is 0. The van der Waals surface area contributed by atoms with Crippen LogP contribution in [-0.2, 0) is 0 Å². The maximum Gasteiger partial charge on any atom is 0.232 e. The van der Waals surface area contributed by atoms with Gasteiger partial charge in [-0.05, 0) is 82.8 Å². The number of carbonyl (C=O) groups excluding carboxylic acids is 1. The first-order valence-electron chi connectivity index (χ1n) is 12.1. The van der Waals surface area contributed by atoms with Crippen LogP contribution in [0.3, 0.4) is 0 Å². The zero-order valence-electron chi connectivity index (χ0n) is 20.0. The second-order valence-electron chi connectivity index (χ2n) is 9.89. The van der Waals surface area contributed by atoms with Crippen LogP contribution >= 0.6 is 0 Å². The van der Waals surface area contributed by atoms with Gasteiger partial charge in [-0.2, -0.15) is 5.26 Å². The van der Waals surface area contributed by atoms with Gasteiger partial charge in [0.25, 0.3) is 0 Å². The van der Waals surface area contributed by atoms with Crippen LogP contribution in [0.4, 0.5) is 5.69 Å². The number of benzene rings is 1. The lowest BCUT2D eigenvalue weighted by molar-refractivity contribution is 0.0968. The number of fused-ring (bicyclic) bond motifs is 1. The third-order valence-corrected chi connectivity index (χ3v) is 7.27. The number of hydrogen-bond donors (Lipinski definition) is 1. The average Bonchev–Trinajstić information content (AvgIpc) is 3.69. The zero-order valence-corrected chi connectivity index (χ0v) is 20.0. The van der Waals surface area contributed by atoms with Crippen molar-refractivity contribution in [3.63, 3.8) is 0 Å².